The van der Waals surface area contributed by atoms with Crippen LogP contribution in [0.1, 0.15) is 32.6 Å². The third-order valence-corrected chi connectivity index (χ3v) is 3.33. The fourth-order valence-electron chi connectivity index (χ4n) is 1.77. The molecule has 2 N–H and O–H groups in total. The van der Waals surface area contributed by atoms with E-state index in [-0.39, 0.29) is 6.04 Å². The topological polar surface area (TPSA) is 44.5 Å². The molecular formula is C15H25NO2S. The third-order valence-electron chi connectivity index (χ3n) is 2.86. The van der Waals surface area contributed by atoms with E-state index in [0.717, 1.165) is 49.5 Å². The quantitative estimate of drug-likeness (QED) is 0.511. The van der Waals surface area contributed by atoms with Gasteiger partial charge in [0.2, 0.25) is 0 Å². The number of benzene rings is 1. The largest absolute Gasteiger partial charge is 0.494 e. The van der Waals surface area contributed by atoms with Crippen LogP contribution in [0, 0.1) is 0 Å². The Morgan fingerprint density at radius 3 is 2.26 bits per heavy atom. The molecule has 0 spiro atoms. The predicted octanol–water partition coefficient (Wildman–Crippen LogP) is 3.28. The van der Waals surface area contributed by atoms with E-state index in [1.54, 1.807) is 0 Å². The van der Waals surface area contributed by atoms with Crippen molar-refractivity contribution < 1.29 is 9.47 Å². The zero-order valence-corrected chi connectivity index (χ0v) is 12.6. The molecule has 0 aliphatic carbocycles. The molecule has 0 aliphatic rings. The van der Waals surface area contributed by atoms with E-state index in [9.17, 15) is 0 Å². The van der Waals surface area contributed by atoms with Gasteiger partial charge < -0.3 is 15.2 Å². The van der Waals surface area contributed by atoms with Gasteiger partial charge in [-0.2, -0.15) is 12.6 Å². The van der Waals surface area contributed by atoms with Gasteiger partial charge in [0.1, 0.15) is 11.5 Å². The predicted molar refractivity (Wildman–Crippen MR) is 83.4 cm³/mol. The molecule has 0 aromatic heterocycles. The number of unbranched alkanes of at least 4 members (excludes halogenated alkanes) is 2. The first-order valence-corrected chi connectivity index (χ1v) is 7.61. The van der Waals surface area contributed by atoms with Gasteiger partial charge in [-0.1, -0.05) is 12.8 Å². The van der Waals surface area contributed by atoms with Crippen molar-refractivity contribution in [3.05, 3.63) is 24.3 Å². The van der Waals surface area contributed by atoms with Crippen molar-refractivity contribution in [2.24, 2.45) is 5.73 Å². The molecular weight excluding hydrogens is 258 g/mol. The molecule has 0 radical (unpaired) electrons. The second kappa shape index (κ2) is 9.98. The number of rotatable bonds is 10. The minimum atomic E-state index is 0.232. The highest BCUT2D eigenvalue weighted by molar-refractivity contribution is 7.80. The number of thiol groups is 1. The highest BCUT2D eigenvalue weighted by atomic mass is 32.1. The molecule has 0 amide bonds. The Hall–Kier alpha value is -0.870. The van der Waals surface area contributed by atoms with Gasteiger partial charge in [-0.3, -0.25) is 0 Å². The second-order valence-corrected chi connectivity index (χ2v) is 4.91. The fraction of sp³-hybridized carbons (Fsp3) is 0.600. The molecule has 4 heteroatoms. The molecule has 0 saturated carbocycles. The molecule has 0 aliphatic heterocycles. The Kier molecular flexibility index (Phi) is 8.50. The van der Waals surface area contributed by atoms with Crippen LogP contribution in [0.25, 0.3) is 0 Å². The first-order chi connectivity index (χ1) is 9.26. The van der Waals surface area contributed by atoms with Crippen molar-refractivity contribution in [2.75, 3.05) is 19.0 Å². The smallest absolute Gasteiger partial charge is 0.119 e. The summed E-state index contributed by atoms with van der Waals surface area (Å²) in [6.45, 7) is 3.42. The maximum absolute atomic E-state index is 5.80. The lowest BCUT2D eigenvalue weighted by molar-refractivity contribution is 0.302. The van der Waals surface area contributed by atoms with E-state index in [0.29, 0.717) is 6.61 Å². The van der Waals surface area contributed by atoms with E-state index >= 15 is 0 Å². The monoisotopic (exact) mass is 283 g/mol. The van der Waals surface area contributed by atoms with Crippen LogP contribution in [0.4, 0.5) is 0 Å². The van der Waals surface area contributed by atoms with Gasteiger partial charge >= 0.3 is 0 Å². The Bertz CT molecular complexity index is 329. The number of ether oxygens (including phenoxy) is 2. The normalized spacial score (nSPS) is 12.2. The number of hydrogen-bond acceptors (Lipinski definition) is 4. The van der Waals surface area contributed by atoms with Crippen LogP contribution in [0.5, 0.6) is 11.5 Å². The van der Waals surface area contributed by atoms with Crippen LogP contribution in [-0.2, 0) is 0 Å². The van der Waals surface area contributed by atoms with Gasteiger partial charge in [0.15, 0.2) is 0 Å². The van der Waals surface area contributed by atoms with Crippen LogP contribution in [0.3, 0.4) is 0 Å². The molecule has 0 saturated heterocycles. The summed E-state index contributed by atoms with van der Waals surface area (Å²) in [7, 11) is 0. The average Bonchev–Trinajstić information content (AvgIpc) is 2.44. The molecule has 108 valence electrons. The number of nitrogens with two attached hydrogens (primary N) is 1. The Labute approximate surface area is 121 Å². The summed E-state index contributed by atoms with van der Waals surface area (Å²) >= 11 is 4.17. The van der Waals surface area contributed by atoms with E-state index in [1.165, 1.54) is 0 Å². The van der Waals surface area contributed by atoms with Crippen molar-refractivity contribution >= 4 is 12.6 Å². The van der Waals surface area contributed by atoms with Crippen LogP contribution < -0.4 is 15.2 Å². The zero-order chi connectivity index (χ0) is 13.9. The van der Waals surface area contributed by atoms with Crippen LogP contribution in [0.2, 0.25) is 0 Å². The summed E-state index contributed by atoms with van der Waals surface area (Å²) in [5.41, 5.74) is 5.80. The van der Waals surface area contributed by atoms with Gasteiger partial charge in [-0.25, -0.2) is 0 Å². The van der Waals surface area contributed by atoms with Crippen LogP contribution in [-0.4, -0.2) is 25.0 Å². The van der Waals surface area contributed by atoms with E-state index in [2.05, 4.69) is 12.6 Å². The zero-order valence-electron chi connectivity index (χ0n) is 11.7. The van der Waals surface area contributed by atoms with Crippen LogP contribution >= 0.6 is 12.6 Å². The molecule has 0 fully saturated rings. The van der Waals surface area contributed by atoms with Gasteiger partial charge in [0, 0.05) is 11.8 Å². The molecule has 19 heavy (non-hydrogen) atoms. The summed E-state index contributed by atoms with van der Waals surface area (Å²) < 4.78 is 11.0. The van der Waals surface area contributed by atoms with Crippen molar-refractivity contribution in [3.8, 4) is 11.5 Å². The highest BCUT2D eigenvalue weighted by Crippen LogP contribution is 2.17. The third kappa shape index (κ3) is 7.33. The van der Waals surface area contributed by atoms with Gasteiger partial charge in [0.05, 0.1) is 13.2 Å². The Morgan fingerprint density at radius 1 is 1.05 bits per heavy atom. The molecule has 0 heterocycles. The molecule has 3 nitrogen and oxygen atoms in total. The second-order valence-electron chi connectivity index (χ2n) is 4.54. The summed E-state index contributed by atoms with van der Waals surface area (Å²) in [5.74, 6) is 2.55. The standard InChI is InChI=1S/C15H25NO2S/c1-2-17-14-7-9-15(10-8-14)18-11-5-3-4-6-13(16)12-19/h7-10,13,19H,2-6,11-12,16H2,1H3/t13-/m0/s1. The molecule has 1 rings (SSSR count). The first kappa shape index (κ1) is 16.2. The summed E-state index contributed by atoms with van der Waals surface area (Å²) in [6.07, 6.45) is 4.41. The lowest BCUT2D eigenvalue weighted by Crippen LogP contribution is -2.21. The summed E-state index contributed by atoms with van der Waals surface area (Å²) in [6, 6.07) is 7.99. The van der Waals surface area contributed by atoms with Crippen molar-refractivity contribution in [1.82, 2.24) is 0 Å². The fourth-order valence-corrected chi connectivity index (χ4v) is 1.95. The summed E-state index contributed by atoms with van der Waals surface area (Å²) in [5, 5.41) is 0. The van der Waals surface area contributed by atoms with Crippen molar-refractivity contribution in [3.63, 3.8) is 0 Å². The lowest BCUT2D eigenvalue weighted by atomic mass is 10.1. The van der Waals surface area contributed by atoms with Gasteiger partial charge in [-0.05, 0) is 44.0 Å². The first-order valence-electron chi connectivity index (χ1n) is 6.98. The molecule has 1 atom stereocenters. The van der Waals surface area contributed by atoms with Gasteiger partial charge in [0.25, 0.3) is 0 Å². The molecule has 1 aromatic carbocycles. The number of hydrogen-bond donors (Lipinski definition) is 2. The lowest BCUT2D eigenvalue weighted by Gasteiger charge is -2.09. The molecule has 0 unspecified atom stereocenters. The van der Waals surface area contributed by atoms with Crippen molar-refractivity contribution in [1.29, 1.82) is 0 Å². The minimum Gasteiger partial charge on any atom is -0.494 e. The average molecular weight is 283 g/mol. The van der Waals surface area contributed by atoms with Crippen molar-refractivity contribution in [2.45, 2.75) is 38.6 Å². The summed E-state index contributed by atoms with van der Waals surface area (Å²) in [4.78, 5) is 0. The maximum atomic E-state index is 5.80. The van der Waals surface area contributed by atoms with E-state index < -0.39 is 0 Å². The van der Waals surface area contributed by atoms with E-state index in [4.69, 9.17) is 15.2 Å². The van der Waals surface area contributed by atoms with Crippen LogP contribution in [0.15, 0.2) is 24.3 Å². The minimum absolute atomic E-state index is 0.232. The highest BCUT2D eigenvalue weighted by Gasteiger charge is 1.99. The van der Waals surface area contributed by atoms with E-state index in [1.807, 2.05) is 31.2 Å². The molecule has 0 bridgehead atoms. The Morgan fingerprint density at radius 2 is 1.68 bits per heavy atom. The molecule has 1 aromatic rings. The van der Waals surface area contributed by atoms with Gasteiger partial charge in [-0.15, -0.1) is 0 Å². The Balaban J connectivity index is 2.09. The maximum Gasteiger partial charge on any atom is 0.119 e. The SMILES string of the molecule is CCOc1ccc(OCCCCC[C@H](N)CS)cc1.